The van der Waals surface area contributed by atoms with Crippen molar-refractivity contribution in [1.29, 1.82) is 0 Å². The molecule has 82 valence electrons. The highest BCUT2D eigenvalue weighted by molar-refractivity contribution is 5.92. The molecular formula is C10H11F2NO2. The Morgan fingerprint density at radius 2 is 2.07 bits per heavy atom. The van der Waals surface area contributed by atoms with Gasteiger partial charge in [-0.3, -0.25) is 4.79 Å². The second kappa shape index (κ2) is 4.84. The van der Waals surface area contributed by atoms with E-state index in [0.717, 1.165) is 12.1 Å². The van der Waals surface area contributed by atoms with Gasteiger partial charge in [-0.15, -0.1) is 0 Å². The van der Waals surface area contributed by atoms with Crippen molar-refractivity contribution in [3.63, 3.8) is 0 Å². The molecule has 0 saturated carbocycles. The molecule has 0 aliphatic carbocycles. The molecule has 0 saturated heterocycles. The Morgan fingerprint density at radius 1 is 1.40 bits per heavy atom. The number of aliphatic hydroxyl groups excluding tert-OH is 1. The topological polar surface area (TPSA) is 40.5 Å². The van der Waals surface area contributed by atoms with Crippen LogP contribution < -0.4 is 4.90 Å². The highest BCUT2D eigenvalue weighted by Crippen LogP contribution is 2.17. The third-order valence-electron chi connectivity index (χ3n) is 1.99. The predicted molar refractivity (Wildman–Crippen MR) is 51.5 cm³/mol. The van der Waals surface area contributed by atoms with Crippen LogP contribution in [0, 0.1) is 11.6 Å². The molecule has 0 unspecified atom stereocenters. The number of hydrogen-bond donors (Lipinski definition) is 1. The largest absolute Gasteiger partial charge is 0.396 e. The lowest BCUT2D eigenvalue weighted by Gasteiger charge is -2.16. The van der Waals surface area contributed by atoms with Crippen molar-refractivity contribution < 1.29 is 18.7 Å². The molecule has 0 fully saturated rings. The van der Waals surface area contributed by atoms with Gasteiger partial charge in [-0.05, 0) is 12.1 Å². The zero-order valence-corrected chi connectivity index (χ0v) is 8.20. The number of amides is 1. The second-order valence-electron chi connectivity index (χ2n) is 3.02. The molecule has 0 aromatic heterocycles. The highest BCUT2D eigenvalue weighted by atomic mass is 19.2. The molecule has 0 aliphatic rings. The molecule has 1 rings (SSSR count). The maximum atomic E-state index is 12.8. The van der Waals surface area contributed by atoms with Crippen LogP contribution in [0.3, 0.4) is 0 Å². The maximum Gasteiger partial charge on any atom is 0.229 e. The molecule has 5 heteroatoms. The molecule has 1 N–H and O–H groups in total. The zero-order chi connectivity index (χ0) is 11.4. The van der Waals surface area contributed by atoms with Crippen LogP contribution in [0.1, 0.15) is 6.42 Å². The molecule has 0 heterocycles. The van der Waals surface area contributed by atoms with E-state index in [9.17, 15) is 13.6 Å². The average molecular weight is 215 g/mol. The summed E-state index contributed by atoms with van der Waals surface area (Å²) >= 11 is 0. The zero-order valence-electron chi connectivity index (χ0n) is 8.20. The summed E-state index contributed by atoms with van der Waals surface area (Å²) in [7, 11) is 1.44. The number of anilines is 1. The average Bonchev–Trinajstić information content (AvgIpc) is 2.21. The van der Waals surface area contributed by atoms with Crippen LogP contribution in [0.25, 0.3) is 0 Å². The summed E-state index contributed by atoms with van der Waals surface area (Å²) in [5, 5.41) is 8.55. The fourth-order valence-corrected chi connectivity index (χ4v) is 1.10. The van der Waals surface area contributed by atoms with Gasteiger partial charge in [0.2, 0.25) is 5.91 Å². The summed E-state index contributed by atoms with van der Waals surface area (Å²) in [4.78, 5) is 12.5. The Bertz CT molecular complexity index is 368. The molecule has 15 heavy (non-hydrogen) atoms. The first-order chi connectivity index (χ1) is 7.06. The van der Waals surface area contributed by atoms with Crippen molar-refractivity contribution in [1.82, 2.24) is 0 Å². The number of hydrogen-bond acceptors (Lipinski definition) is 2. The number of carbonyl (C=O) groups is 1. The third-order valence-corrected chi connectivity index (χ3v) is 1.99. The summed E-state index contributed by atoms with van der Waals surface area (Å²) in [5.41, 5.74) is 0.257. The molecule has 1 amide bonds. The van der Waals surface area contributed by atoms with Crippen molar-refractivity contribution in [2.45, 2.75) is 6.42 Å². The van der Waals surface area contributed by atoms with Crippen LogP contribution in [0.4, 0.5) is 14.5 Å². The lowest BCUT2D eigenvalue weighted by molar-refractivity contribution is -0.118. The SMILES string of the molecule is CN(C(=O)CCO)c1ccc(F)c(F)c1. The van der Waals surface area contributed by atoms with Gasteiger partial charge < -0.3 is 10.0 Å². The monoisotopic (exact) mass is 215 g/mol. The smallest absolute Gasteiger partial charge is 0.229 e. The van der Waals surface area contributed by atoms with Crippen molar-refractivity contribution in [2.75, 3.05) is 18.6 Å². The first kappa shape index (κ1) is 11.6. The molecule has 1 aromatic rings. The predicted octanol–water partition coefficient (Wildman–Crippen LogP) is 1.31. The van der Waals surface area contributed by atoms with E-state index in [0.29, 0.717) is 0 Å². The number of nitrogens with zero attached hydrogens (tertiary/aromatic N) is 1. The van der Waals surface area contributed by atoms with E-state index < -0.39 is 11.6 Å². The summed E-state index contributed by atoms with van der Waals surface area (Å²) in [6.07, 6.45) is -0.0461. The van der Waals surface area contributed by atoms with Gasteiger partial charge in [0.25, 0.3) is 0 Å². The maximum absolute atomic E-state index is 12.8. The lowest BCUT2D eigenvalue weighted by Crippen LogP contribution is -2.26. The van der Waals surface area contributed by atoms with E-state index in [1.807, 2.05) is 0 Å². The van der Waals surface area contributed by atoms with Crippen LogP contribution in [-0.2, 0) is 4.79 Å². The van der Waals surface area contributed by atoms with E-state index >= 15 is 0 Å². The van der Waals surface area contributed by atoms with Gasteiger partial charge in [-0.2, -0.15) is 0 Å². The second-order valence-corrected chi connectivity index (χ2v) is 3.02. The van der Waals surface area contributed by atoms with Crippen molar-refractivity contribution >= 4 is 11.6 Å². The van der Waals surface area contributed by atoms with Crippen LogP contribution in [0.5, 0.6) is 0 Å². The van der Waals surface area contributed by atoms with Crippen LogP contribution in [0.15, 0.2) is 18.2 Å². The number of rotatable bonds is 3. The van der Waals surface area contributed by atoms with Gasteiger partial charge in [-0.1, -0.05) is 0 Å². The fourth-order valence-electron chi connectivity index (χ4n) is 1.10. The molecule has 0 aliphatic heterocycles. The molecule has 0 atom stereocenters. The van der Waals surface area contributed by atoms with Crippen molar-refractivity contribution in [3.05, 3.63) is 29.8 Å². The Morgan fingerprint density at radius 3 is 2.60 bits per heavy atom. The Hall–Kier alpha value is -1.49. The number of aliphatic hydroxyl groups is 1. The van der Waals surface area contributed by atoms with E-state index in [1.165, 1.54) is 18.0 Å². The fraction of sp³-hybridized carbons (Fsp3) is 0.300. The summed E-state index contributed by atoms with van der Waals surface area (Å²) in [6, 6.07) is 3.19. The summed E-state index contributed by atoms with van der Waals surface area (Å²) in [6.45, 7) is -0.271. The number of benzene rings is 1. The van der Waals surface area contributed by atoms with Crippen molar-refractivity contribution in [3.8, 4) is 0 Å². The van der Waals surface area contributed by atoms with Gasteiger partial charge in [-0.25, -0.2) is 8.78 Å². The first-order valence-corrected chi connectivity index (χ1v) is 4.38. The van der Waals surface area contributed by atoms with Crippen LogP contribution in [0.2, 0.25) is 0 Å². The van der Waals surface area contributed by atoms with E-state index in [2.05, 4.69) is 0 Å². The van der Waals surface area contributed by atoms with Gasteiger partial charge in [0.05, 0.1) is 13.0 Å². The third kappa shape index (κ3) is 2.73. The van der Waals surface area contributed by atoms with Crippen LogP contribution >= 0.6 is 0 Å². The van der Waals surface area contributed by atoms with Crippen molar-refractivity contribution in [2.24, 2.45) is 0 Å². The van der Waals surface area contributed by atoms with Gasteiger partial charge in [0.1, 0.15) is 0 Å². The van der Waals surface area contributed by atoms with Gasteiger partial charge in [0, 0.05) is 18.8 Å². The minimum Gasteiger partial charge on any atom is -0.396 e. The summed E-state index contributed by atoms with van der Waals surface area (Å²) in [5.74, 6) is -2.32. The standard InChI is InChI=1S/C10H11F2NO2/c1-13(10(15)4-5-14)7-2-3-8(11)9(12)6-7/h2-3,6,14H,4-5H2,1H3. The first-order valence-electron chi connectivity index (χ1n) is 4.38. The number of halogens is 2. The molecule has 0 radical (unpaired) electrons. The van der Waals surface area contributed by atoms with E-state index in [4.69, 9.17) is 5.11 Å². The number of carbonyl (C=O) groups excluding carboxylic acids is 1. The normalized spacial score (nSPS) is 10.1. The Balaban J connectivity index is 2.86. The lowest BCUT2D eigenvalue weighted by atomic mass is 10.2. The van der Waals surface area contributed by atoms with Crippen LogP contribution in [-0.4, -0.2) is 24.7 Å². The molecular weight excluding hydrogens is 204 g/mol. The minimum absolute atomic E-state index is 0.0461. The molecule has 0 spiro atoms. The Labute approximate surface area is 85.9 Å². The Kier molecular flexibility index (Phi) is 3.74. The summed E-state index contributed by atoms with van der Waals surface area (Å²) < 4.78 is 25.4. The molecule has 0 bridgehead atoms. The highest BCUT2D eigenvalue weighted by Gasteiger charge is 2.12. The minimum atomic E-state index is -1.00. The molecule has 1 aromatic carbocycles. The quantitative estimate of drug-likeness (QED) is 0.825. The van der Waals surface area contributed by atoms with E-state index in [1.54, 1.807) is 0 Å². The van der Waals surface area contributed by atoms with Gasteiger partial charge >= 0.3 is 0 Å². The molecule has 3 nitrogen and oxygen atoms in total. The van der Waals surface area contributed by atoms with Gasteiger partial charge in [0.15, 0.2) is 11.6 Å². The van der Waals surface area contributed by atoms with E-state index in [-0.39, 0.29) is 24.6 Å².